The molecule has 1 heterocycles. The minimum atomic E-state index is -0.566. The summed E-state index contributed by atoms with van der Waals surface area (Å²) in [4.78, 5) is 13.5. The Hall–Kier alpha value is -1.03. The molecule has 0 aromatic heterocycles. The molecule has 3 nitrogen and oxygen atoms in total. The Kier molecular flexibility index (Phi) is 2.94. The number of hydrogen-bond donors (Lipinski definition) is 0. The zero-order valence-corrected chi connectivity index (χ0v) is 12.1. The molecule has 0 unspecified atom stereocenters. The van der Waals surface area contributed by atoms with Crippen molar-refractivity contribution in [3.63, 3.8) is 0 Å². The van der Waals surface area contributed by atoms with Crippen LogP contribution in [-0.2, 0) is 10.3 Å². The highest BCUT2D eigenvalue weighted by Gasteiger charge is 2.37. The van der Waals surface area contributed by atoms with E-state index < -0.39 is 5.60 Å². The molecule has 1 aromatic rings. The number of hydrogen-bond acceptors (Lipinski definition) is 2. The average Bonchev–Trinajstić information content (AvgIpc) is 2.21. The van der Waals surface area contributed by atoms with Crippen molar-refractivity contribution in [2.45, 2.75) is 33.3 Å². The van der Waals surface area contributed by atoms with Crippen molar-refractivity contribution in [3.05, 3.63) is 27.7 Å². The molecule has 2 rings (SSSR count). The number of aryl methyl sites for hydroxylation is 1. The monoisotopic (exact) mass is 297 g/mol. The number of cyclic esters (lactones) is 1. The van der Waals surface area contributed by atoms with Crippen LogP contribution in [0.15, 0.2) is 16.6 Å². The van der Waals surface area contributed by atoms with Crippen LogP contribution >= 0.6 is 15.9 Å². The summed E-state index contributed by atoms with van der Waals surface area (Å²) in [6.07, 6.45) is -0.277. The van der Waals surface area contributed by atoms with Gasteiger partial charge in [-0.3, -0.25) is 4.90 Å². The molecule has 0 saturated heterocycles. The van der Waals surface area contributed by atoms with Gasteiger partial charge in [-0.1, -0.05) is 15.9 Å². The van der Waals surface area contributed by atoms with Gasteiger partial charge in [-0.15, -0.1) is 0 Å². The van der Waals surface area contributed by atoms with Gasteiger partial charge in [0.15, 0.2) is 0 Å². The maximum absolute atomic E-state index is 11.9. The Labute approximate surface area is 110 Å². The molecule has 4 heteroatoms. The van der Waals surface area contributed by atoms with E-state index in [-0.39, 0.29) is 6.09 Å². The van der Waals surface area contributed by atoms with Gasteiger partial charge in [-0.05, 0) is 45.4 Å². The van der Waals surface area contributed by atoms with Gasteiger partial charge in [-0.25, -0.2) is 4.79 Å². The first kappa shape index (κ1) is 12.4. The number of nitrogens with zero attached hydrogens (tertiary/aromatic N) is 1. The van der Waals surface area contributed by atoms with Crippen LogP contribution < -0.4 is 4.90 Å². The van der Waals surface area contributed by atoms with Crippen molar-refractivity contribution in [1.82, 2.24) is 0 Å². The molecule has 1 aliphatic rings. The third kappa shape index (κ3) is 1.95. The highest BCUT2D eigenvalue weighted by Crippen LogP contribution is 2.41. The zero-order chi connectivity index (χ0) is 12.8. The van der Waals surface area contributed by atoms with Crippen LogP contribution in [0.3, 0.4) is 0 Å². The fourth-order valence-corrected chi connectivity index (χ4v) is 2.43. The van der Waals surface area contributed by atoms with Gasteiger partial charge in [0, 0.05) is 16.6 Å². The summed E-state index contributed by atoms with van der Waals surface area (Å²) in [5, 5.41) is 0. The van der Waals surface area contributed by atoms with Gasteiger partial charge in [-0.2, -0.15) is 0 Å². The summed E-state index contributed by atoms with van der Waals surface area (Å²) in [6.45, 7) is 8.43. The van der Waals surface area contributed by atoms with E-state index >= 15 is 0 Å². The molecule has 0 radical (unpaired) electrons. The molecule has 0 atom stereocenters. The summed E-state index contributed by atoms with van der Waals surface area (Å²) in [7, 11) is 0. The van der Waals surface area contributed by atoms with E-state index in [2.05, 4.69) is 22.0 Å². The standard InChI is InChI=1S/C13H16BrNO2/c1-5-15-11-7-10(14)8(2)6-9(11)13(3,4)17-12(15)16/h6-7H,5H2,1-4H3. The Morgan fingerprint density at radius 3 is 2.65 bits per heavy atom. The molecule has 0 bridgehead atoms. The van der Waals surface area contributed by atoms with E-state index in [1.165, 1.54) is 0 Å². The Morgan fingerprint density at radius 1 is 1.41 bits per heavy atom. The number of ether oxygens (including phenoxy) is 1. The maximum Gasteiger partial charge on any atom is 0.415 e. The molecule has 92 valence electrons. The van der Waals surface area contributed by atoms with Gasteiger partial charge in [0.05, 0.1) is 5.69 Å². The second-order valence-corrected chi connectivity index (χ2v) is 5.60. The van der Waals surface area contributed by atoms with Crippen molar-refractivity contribution in [2.75, 3.05) is 11.4 Å². The number of fused-ring (bicyclic) bond motifs is 1. The summed E-state index contributed by atoms with van der Waals surface area (Å²) in [5.74, 6) is 0. The van der Waals surface area contributed by atoms with E-state index in [1.54, 1.807) is 4.90 Å². The van der Waals surface area contributed by atoms with Crippen LogP contribution in [0, 0.1) is 6.92 Å². The lowest BCUT2D eigenvalue weighted by Crippen LogP contribution is -2.43. The molecular formula is C13H16BrNO2. The van der Waals surface area contributed by atoms with Crippen LogP contribution in [0.4, 0.5) is 10.5 Å². The molecule has 0 saturated carbocycles. The summed E-state index contributed by atoms with van der Waals surface area (Å²) in [5.41, 5.74) is 2.57. The van der Waals surface area contributed by atoms with Gasteiger partial charge in [0.25, 0.3) is 0 Å². The number of halogens is 1. The number of carbonyl (C=O) groups is 1. The Balaban J connectivity index is 2.67. The molecule has 17 heavy (non-hydrogen) atoms. The largest absolute Gasteiger partial charge is 0.438 e. The number of rotatable bonds is 1. The molecule has 1 amide bonds. The summed E-state index contributed by atoms with van der Waals surface area (Å²) in [6, 6.07) is 4.07. The second kappa shape index (κ2) is 4.02. The number of carbonyl (C=O) groups excluding carboxylic acids is 1. The topological polar surface area (TPSA) is 29.5 Å². The van der Waals surface area contributed by atoms with E-state index in [4.69, 9.17) is 4.74 Å². The molecular weight excluding hydrogens is 282 g/mol. The summed E-state index contributed by atoms with van der Waals surface area (Å²) >= 11 is 3.51. The van der Waals surface area contributed by atoms with Gasteiger partial charge >= 0.3 is 6.09 Å². The van der Waals surface area contributed by atoms with Crippen LogP contribution in [0.25, 0.3) is 0 Å². The molecule has 0 spiro atoms. The minimum Gasteiger partial charge on any atom is -0.438 e. The predicted molar refractivity (Wildman–Crippen MR) is 71.4 cm³/mol. The average molecular weight is 298 g/mol. The van der Waals surface area contributed by atoms with Crippen molar-refractivity contribution in [1.29, 1.82) is 0 Å². The summed E-state index contributed by atoms with van der Waals surface area (Å²) < 4.78 is 6.48. The predicted octanol–water partition coefficient (Wildman–Crippen LogP) is 3.97. The molecule has 0 fully saturated rings. The van der Waals surface area contributed by atoms with E-state index in [1.807, 2.05) is 33.8 Å². The number of benzene rings is 1. The van der Waals surface area contributed by atoms with Crippen LogP contribution in [0.2, 0.25) is 0 Å². The van der Waals surface area contributed by atoms with E-state index in [9.17, 15) is 4.79 Å². The van der Waals surface area contributed by atoms with Gasteiger partial charge in [0.1, 0.15) is 5.60 Å². The second-order valence-electron chi connectivity index (χ2n) is 4.74. The van der Waals surface area contributed by atoms with E-state index in [0.717, 1.165) is 21.3 Å². The third-order valence-corrected chi connectivity index (χ3v) is 3.95. The van der Waals surface area contributed by atoms with Gasteiger partial charge in [0.2, 0.25) is 0 Å². The highest BCUT2D eigenvalue weighted by atomic mass is 79.9. The fourth-order valence-electron chi connectivity index (χ4n) is 2.10. The normalized spacial score (nSPS) is 17.7. The smallest absolute Gasteiger partial charge is 0.415 e. The first-order chi connectivity index (χ1) is 7.86. The first-order valence-electron chi connectivity index (χ1n) is 5.68. The highest BCUT2D eigenvalue weighted by molar-refractivity contribution is 9.10. The fraction of sp³-hybridized carbons (Fsp3) is 0.462. The molecule has 0 aliphatic carbocycles. The Morgan fingerprint density at radius 2 is 2.06 bits per heavy atom. The third-order valence-electron chi connectivity index (χ3n) is 3.10. The lowest BCUT2D eigenvalue weighted by atomic mass is 9.92. The van der Waals surface area contributed by atoms with Crippen LogP contribution in [0.5, 0.6) is 0 Å². The zero-order valence-electron chi connectivity index (χ0n) is 10.5. The first-order valence-corrected chi connectivity index (χ1v) is 6.47. The minimum absolute atomic E-state index is 0.277. The maximum atomic E-state index is 11.9. The van der Waals surface area contributed by atoms with Crippen molar-refractivity contribution in [3.8, 4) is 0 Å². The van der Waals surface area contributed by atoms with Crippen LogP contribution in [0.1, 0.15) is 31.9 Å². The lowest BCUT2D eigenvalue weighted by Gasteiger charge is -2.38. The molecule has 0 N–H and O–H groups in total. The van der Waals surface area contributed by atoms with Crippen molar-refractivity contribution >= 4 is 27.7 Å². The number of amides is 1. The van der Waals surface area contributed by atoms with Crippen molar-refractivity contribution < 1.29 is 9.53 Å². The lowest BCUT2D eigenvalue weighted by molar-refractivity contribution is 0.0352. The Bertz CT molecular complexity index is 483. The van der Waals surface area contributed by atoms with Crippen LogP contribution in [-0.4, -0.2) is 12.6 Å². The quantitative estimate of drug-likeness (QED) is 0.785. The number of anilines is 1. The molecule has 1 aromatic carbocycles. The van der Waals surface area contributed by atoms with Crippen molar-refractivity contribution in [2.24, 2.45) is 0 Å². The van der Waals surface area contributed by atoms with E-state index in [0.29, 0.717) is 6.54 Å². The van der Waals surface area contributed by atoms with Gasteiger partial charge < -0.3 is 4.74 Å². The molecule has 1 aliphatic heterocycles. The SMILES string of the molecule is CCN1C(=O)OC(C)(C)c2cc(C)c(Br)cc21.